The summed E-state index contributed by atoms with van der Waals surface area (Å²) < 4.78 is 13.7. The lowest BCUT2D eigenvalue weighted by atomic mass is 9.91. The zero-order valence-electron chi connectivity index (χ0n) is 29.4. The van der Waals surface area contributed by atoms with Gasteiger partial charge in [-0.05, 0) is 109 Å². The van der Waals surface area contributed by atoms with E-state index in [-0.39, 0.29) is 0 Å². The molecule has 1 aliphatic heterocycles. The number of aromatic nitrogens is 2. The predicted octanol–water partition coefficient (Wildman–Crippen LogP) is 4.24. The summed E-state index contributed by atoms with van der Waals surface area (Å²) in [6, 6.07) is 10.4. The second kappa shape index (κ2) is 21.6. The van der Waals surface area contributed by atoms with Crippen LogP contribution in [0, 0.1) is 30.1 Å². The number of benzene rings is 1. The molecule has 276 valence electrons. The van der Waals surface area contributed by atoms with E-state index < -0.39 is 23.9 Å². The Labute approximate surface area is 296 Å². The van der Waals surface area contributed by atoms with Gasteiger partial charge < -0.3 is 39.6 Å². The Balaban J connectivity index is 0.000000392. The summed E-state index contributed by atoms with van der Waals surface area (Å²) in [5.74, 6) is -2.63. The molecule has 0 bridgehead atoms. The van der Waals surface area contributed by atoms with Crippen LogP contribution in [-0.2, 0) is 39.2 Å². The van der Waals surface area contributed by atoms with Crippen molar-refractivity contribution in [3.63, 3.8) is 0 Å². The van der Waals surface area contributed by atoms with Crippen LogP contribution in [-0.4, -0.2) is 92.7 Å². The number of fused-ring (bicyclic) bond motifs is 1. The smallest absolute Gasteiger partial charge is 0.328 e. The molecule has 0 amide bonds. The van der Waals surface area contributed by atoms with Crippen LogP contribution >= 0.6 is 0 Å². The van der Waals surface area contributed by atoms with Crippen molar-refractivity contribution in [2.24, 2.45) is 18.9 Å². The van der Waals surface area contributed by atoms with Gasteiger partial charge in [0.2, 0.25) is 0 Å². The van der Waals surface area contributed by atoms with E-state index in [1.165, 1.54) is 31.4 Å². The fraction of sp³-hybridized carbons (Fsp3) is 0.444. The van der Waals surface area contributed by atoms with Crippen molar-refractivity contribution < 1.29 is 48.9 Å². The molecular formula is C36H47N5O10. The van der Waals surface area contributed by atoms with Gasteiger partial charge in [0.25, 0.3) is 0 Å². The van der Waals surface area contributed by atoms with Gasteiger partial charge in [0.05, 0.1) is 12.3 Å². The van der Waals surface area contributed by atoms with Crippen LogP contribution in [0.4, 0.5) is 0 Å². The number of piperidine rings is 1. The van der Waals surface area contributed by atoms with Gasteiger partial charge in [0.1, 0.15) is 17.5 Å². The molecule has 5 rings (SSSR count). The Kier molecular flexibility index (Phi) is 17.7. The highest BCUT2D eigenvalue weighted by Crippen LogP contribution is 2.34. The summed E-state index contributed by atoms with van der Waals surface area (Å²) in [5, 5.41) is 48.7. The van der Waals surface area contributed by atoms with Crippen LogP contribution in [0.25, 0.3) is 11.0 Å². The molecule has 3 aromatic rings. The van der Waals surface area contributed by atoms with Crippen molar-refractivity contribution in [3.8, 4) is 11.8 Å². The minimum atomic E-state index is -1.26. The molecule has 0 radical (unpaired) electrons. The quantitative estimate of drug-likeness (QED) is 0.166. The number of nitrogens with one attached hydrogen (secondary N) is 1. The molecule has 2 aliphatic rings. The molecule has 1 saturated carbocycles. The molecule has 3 heterocycles. The van der Waals surface area contributed by atoms with Crippen LogP contribution in [0.15, 0.2) is 53.1 Å². The Bertz CT molecular complexity index is 1640. The van der Waals surface area contributed by atoms with Gasteiger partial charge in [0, 0.05) is 54.5 Å². The SMILES string of the molecule is CNC.Cc1c(OCC2CC2)ccc2c(CCC3CCN(Cc4ccc(C#N)n4C)CC3)noc12.O=C(O)C=CC(=O)O.O=C(O)C=CC(=O)O. The Morgan fingerprint density at radius 3 is 1.94 bits per heavy atom. The number of hydrogen-bond donors (Lipinski definition) is 5. The molecule has 15 nitrogen and oxygen atoms in total. The fourth-order valence-electron chi connectivity index (χ4n) is 5.11. The summed E-state index contributed by atoms with van der Waals surface area (Å²) in [7, 11) is 5.73. The first kappa shape index (κ1) is 41.7. The number of likely N-dealkylation sites (tertiary alicyclic amines) is 1. The number of carboxylic acid groups (broad SMARTS) is 4. The second-order valence-electron chi connectivity index (χ2n) is 12.1. The highest BCUT2D eigenvalue weighted by atomic mass is 16.5. The third-order valence-corrected chi connectivity index (χ3v) is 8.05. The number of rotatable bonds is 12. The lowest BCUT2D eigenvalue weighted by molar-refractivity contribution is -0.134. The minimum Gasteiger partial charge on any atom is -0.493 e. The number of hydrogen-bond acceptors (Lipinski definition) is 10. The number of aryl methyl sites for hydroxylation is 2. The maximum absolute atomic E-state index is 9.55. The molecule has 2 fully saturated rings. The number of aliphatic carboxylic acids is 4. The van der Waals surface area contributed by atoms with E-state index in [1.807, 2.05) is 31.8 Å². The summed E-state index contributed by atoms with van der Waals surface area (Å²) in [6.45, 7) is 6.02. The Morgan fingerprint density at radius 2 is 1.47 bits per heavy atom. The lowest BCUT2D eigenvalue weighted by Crippen LogP contribution is -2.33. The van der Waals surface area contributed by atoms with E-state index >= 15 is 0 Å². The third-order valence-electron chi connectivity index (χ3n) is 8.05. The molecule has 0 unspecified atom stereocenters. The highest BCUT2D eigenvalue weighted by Gasteiger charge is 2.24. The summed E-state index contributed by atoms with van der Waals surface area (Å²) in [4.78, 5) is 40.7. The van der Waals surface area contributed by atoms with Crippen LogP contribution in [0.2, 0.25) is 0 Å². The Morgan fingerprint density at radius 1 is 0.922 bits per heavy atom. The van der Waals surface area contributed by atoms with Crippen molar-refractivity contribution in [1.82, 2.24) is 19.9 Å². The molecule has 2 aromatic heterocycles. The average molecular weight is 710 g/mol. The molecule has 1 saturated heterocycles. The van der Waals surface area contributed by atoms with Crippen LogP contribution in [0.5, 0.6) is 5.75 Å². The van der Waals surface area contributed by atoms with Gasteiger partial charge in [-0.1, -0.05) is 5.16 Å². The van der Waals surface area contributed by atoms with Crippen molar-refractivity contribution in [1.29, 1.82) is 5.26 Å². The zero-order valence-corrected chi connectivity index (χ0v) is 29.4. The largest absolute Gasteiger partial charge is 0.493 e. The Hall–Kier alpha value is -5.46. The van der Waals surface area contributed by atoms with Gasteiger partial charge in [0.15, 0.2) is 5.58 Å². The maximum Gasteiger partial charge on any atom is 0.328 e. The zero-order chi connectivity index (χ0) is 37.9. The van der Waals surface area contributed by atoms with Gasteiger partial charge >= 0.3 is 23.9 Å². The first-order chi connectivity index (χ1) is 24.3. The molecule has 0 spiro atoms. The van der Waals surface area contributed by atoms with E-state index in [0.29, 0.717) is 24.3 Å². The van der Waals surface area contributed by atoms with Gasteiger partial charge in [-0.2, -0.15) is 5.26 Å². The maximum atomic E-state index is 9.55. The molecule has 0 atom stereocenters. The van der Waals surface area contributed by atoms with Crippen molar-refractivity contribution >= 4 is 34.8 Å². The topological polar surface area (TPSA) is 228 Å². The number of carboxylic acids is 4. The number of ether oxygens (including phenoxy) is 1. The van der Waals surface area contributed by atoms with Gasteiger partial charge in [-0.3, -0.25) is 4.90 Å². The van der Waals surface area contributed by atoms with Crippen LogP contribution in [0.3, 0.4) is 0 Å². The number of carbonyl (C=O) groups is 4. The summed E-state index contributed by atoms with van der Waals surface area (Å²) in [5.41, 5.74) is 4.96. The predicted molar refractivity (Wildman–Crippen MR) is 187 cm³/mol. The van der Waals surface area contributed by atoms with E-state index in [1.54, 1.807) is 0 Å². The third kappa shape index (κ3) is 15.3. The van der Waals surface area contributed by atoms with Crippen molar-refractivity contribution in [2.75, 3.05) is 33.8 Å². The van der Waals surface area contributed by atoms with E-state index in [0.717, 1.165) is 84.6 Å². The average Bonchev–Trinajstić information content (AvgIpc) is 3.73. The van der Waals surface area contributed by atoms with Gasteiger partial charge in [-0.15, -0.1) is 0 Å². The van der Waals surface area contributed by atoms with Crippen molar-refractivity contribution in [3.05, 3.63) is 71.2 Å². The van der Waals surface area contributed by atoms with E-state index in [2.05, 4.69) is 46.6 Å². The van der Waals surface area contributed by atoms with E-state index in [4.69, 9.17) is 34.9 Å². The summed E-state index contributed by atoms with van der Waals surface area (Å²) in [6.07, 6.45) is 9.35. The monoisotopic (exact) mass is 709 g/mol. The standard InChI is InChI=1S/C26H32N4O2.2C4H4O4.C2H7N/c1-18-25(31-17-20-3-4-20)10-8-23-24(28-32-26(18)23)9-5-19-11-13-30(14-12-19)16-22-7-6-21(15-27)29(22)2;2*5-3(6)1-2-4(7)8;1-3-2/h6-8,10,19-20H,3-5,9,11-14,16-17H2,1-2H3;2*1-2H,(H,5,6)(H,7,8);3H,1-2H3. The van der Waals surface area contributed by atoms with E-state index in [9.17, 15) is 19.2 Å². The second-order valence-corrected chi connectivity index (χ2v) is 12.1. The normalized spacial score (nSPS) is 14.4. The van der Waals surface area contributed by atoms with Crippen LogP contribution < -0.4 is 10.1 Å². The first-order valence-electron chi connectivity index (χ1n) is 16.4. The molecule has 1 aliphatic carbocycles. The van der Waals surface area contributed by atoms with Gasteiger partial charge in [-0.25, -0.2) is 19.2 Å². The van der Waals surface area contributed by atoms with Crippen LogP contribution in [0.1, 0.15) is 54.7 Å². The minimum absolute atomic E-state index is 0.558. The molecule has 1 aromatic carbocycles. The first-order valence-corrected chi connectivity index (χ1v) is 16.4. The van der Waals surface area contributed by atoms with Crippen molar-refractivity contribution in [2.45, 2.75) is 52.0 Å². The highest BCUT2D eigenvalue weighted by molar-refractivity contribution is 5.90. The fourth-order valence-corrected chi connectivity index (χ4v) is 5.11. The number of nitrogens with zero attached hydrogens (tertiary/aromatic N) is 4. The molecule has 5 N–H and O–H groups in total. The molecule has 15 heteroatoms. The molecular weight excluding hydrogens is 662 g/mol. The summed E-state index contributed by atoms with van der Waals surface area (Å²) >= 11 is 0. The molecule has 51 heavy (non-hydrogen) atoms. The lowest BCUT2D eigenvalue weighted by Gasteiger charge is -2.32. The number of nitriles is 1.